The van der Waals surface area contributed by atoms with Gasteiger partial charge in [0, 0.05) is 37.1 Å². The molecule has 7 heteroatoms. The summed E-state index contributed by atoms with van der Waals surface area (Å²) in [6.45, 7) is 10.5. The summed E-state index contributed by atoms with van der Waals surface area (Å²) in [5, 5.41) is 6.74. The molecule has 0 aliphatic carbocycles. The zero-order valence-corrected chi connectivity index (χ0v) is 15.1. The molecule has 23 heavy (non-hydrogen) atoms. The van der Waals surface area contributed by atoms with E-state index >= 15 is 0 Å². The van der Waals surface area contributed by atoms with Crippen molar-refractivity contribution >= 4 is 28.3 Å². The molecule has 2 heterocycles. The van der Waals surface area contributed by atoms with Crippen LogP contribution in [-0.2, 0) is 4.79 Å². The maximum absolute atomic E-state index is 12.3. The zero-order chi connectivity index (χ0) is 17.0. The topological polar surface area (TPSA) is 64.7 Å². The molecule has 0 unspecified atom stereocenters. The van der Waals surface area contributed by atoms with Crippen molar-refractivity contribution < 1.29 is 9.59 Å². The van der Waals surface area contributed by atoms with Gasteiger partial charge in [0.1, 0.15) is 0 Å². The second-order valence-corrected chi connectivity index (χ2v) is 7.49. The monoisotopic (exact) mass is 338 g/mol. The highest BCUT2D eigenvalue weighted by atomic mass is 32.1. The summed E-state index contributed by atoms with van der Waals surface area (Å²) in [5.74, 6) is 0.0481. The third-order valence-corrected chi connectivity index (χ3v) is 4.85. The zero-order valence-electron chi connectivity index (χ0n) is 14.3. The minimum Gasteiger partial charge on any atom is -0.353 e. The summed E-state index contributed by atoms with van der Waals surface area (Å²) < 4.78 is 0. The normalized spacial score (nSPS) is 17.2. The van der Waals surface area contributed by atoms with Gasteiger partial charge in [-0.2, -0.15) is 0 Å². The first-order chi connectivity index (χ1) is 10.9. The lowest BCUT2D eigenvalue weighted by molar-refractivity contribution is -0.126. The van der Waals surface area contributed by atoms with Crippen molar-refractivity contribution in [2.75, 3.05) is 31.5 Å². The number of hydrogen-bond acceptors (Lipinski definition) is 4. The molecular formula is C16H26N4O2S. The molecule has 1 aliphatic rings. The number of nitrogens with one attached hydrogen (secondary N) is 2. The van der Waals surface area contributed by atoms with Crippen molar-refractivity contribution in [2.24, 2.45) is 0 Å². The Balaban J connectivity index is 1.81. The number of amides is 3. The lowest BCUT2D eigenvalue weighted by Gasteiger charge is -2.37. The molecular weight excluding hydrogens is 312 g/mol. The van der Waals surface area contributed by atoms with E-state index in [1.807, 2.05) is 39.8 Å². The van der Waals surface area contributed by atoms with Crippen LogP contribution in [0.4, 0.5) is 9.80 Å². The molecule has 1 fully saturated rings. The Morgan fingerprint density at radius 1 is 1.13 bits per heavy atom. The fraction of sp³-hybridized carbons (Fsp3) is 0.625. The van der Waals surface area contributed by atoms with Gasteiger partial charge in [-0.1, -0.05) is 0 Å². The lowest BCUT2D eigenvalue weighted by atomic mass is 10.2. The third kappa shape index (κ3) is 4.94. The number of hydrogen-bond donors (Lipinski definition) is 2. The molecule has 1 aliphatic heterocycles. The molecule has 0 aromatic carbocycles. The maximum atomic E-state index is 12.3. The SMILES string of the molecule is Cc1ccc(NC(=O)N2CCN([C@@H](C)C(=O)NC(C)C)CC2)s1. The van der Waals surface area contributed by atoms with E-state index in [4.69, 9.17) is 0 Å². The number of carbonyl (C=O) groups is 2. The minimum atomic E-state index is -0.164. The van der Waals surface area contributed by atoms with E-state index in [1.54, 1.807) is 16.2 Å². The summed E-state index contributed by atoms with van der Waals surface area (Å²) in [4.78, 5) is 29.4. The molecule has 1 saturated heterocycles. The molecule has 1 atom stereocenters. The van der Waals surface area contributed by atoms with Gasteiger partial charge in [0.05, 0.1) is 11.0 Å². The predicted octanol–water partition coefficient (Wildman–Crippen LogP) is 2.12. The number of nitrogens with zero attached hydrogens (tertiary/aromatic N) is 2. The number of urea groups is 1. The van der Waals surface area contributed by atoms with Crippen molar-refractivity contribution in [3.05, 3.63) is 17.0 Å². The fourth-order valence-electron chi connectivity index (χ4n) is 2.57. The highest BCUT2D eigenvalue weighted by molar-refractivity contribution is 7.16. The van der Waals surface area contributed by atoms with Crippen LogP contribution >= 0.6 is 11.3 Å². The Morgan fingerprint density at radius 2 is 1.78 bits per heavy atom. The van der Waals surface area contributed by atoms with Crippen LogP contribution in [-0.4, -0.2) is 60.0 Å². The number of rotatable bonds is 4. The van der Waals surface area contributed by atoms with Crippen molar-refractivity contribution in [2.45, 2.75) is 39.8 Å². The standard InChI is InChI=1S/C16H26N4O2S/c1-11(2)17-15(21)13(4)19-7-9-20(10-8-19)16(22)18-14-6-5-12(3)23-14/h5-6,11,13H,7-10H2,1-4H3,(H,17,21)(H,18,22)/t13-/m0/s1. The van der Waals surface area contributed by atoms with Gasteiger partial charge in [-0.25, -0.2) is 4.79 Å². The number of piperazine rings is 1. The Morgan fingerprint density at radius 3 is 2.30 bits per heavy atom. The number of aryl methyl sites for hydroxylation is 1. The third-order valence-electron chi connectivity index (χ3n) is 3.93. The van der Waals surface area contributed by atoms with E-state index < -0.39 is 0 Å². The largest absolute Gasteiger partial charge is 0.353 e. The minimum absolute atomic E-state index is 0.0481. The first kappa shape index (κ1) is 17.7. The van der Waals surface area contributed by atoms with Crippen molar-refractivity contribution in [3.8, 4) is 0 Å². The molecule has 0 spiro atoms. The average molecular weight is 338 g/mol. The second-order valence-electron chi connectivity index (χ2n) is 6.20. The quantitative estimate of drug-likeness (QED) is 0.884. The van der Waals surface area contributed by atoms with Crippen LogP contribution < -0.4 is 10.6 Å². The van der Waals surface area contributed by atoms with E-state index in [0.717, 1.165) is 5.00 Å². The summed E-state index contributed by atoms with van der Waals surface area (Å²) in [6.07, 6.45) is 0. The van der Waals surface area contributed by atoms with Gasteiger partial charge in [0.25, 0.3) is 0 Å². The Kier molecular flexibility index (Phi) is 6.01. The van der Waals surface area contributed by atoms with Crippen LogP contribution in [0, 0.1) is 6.92 Å². The fourth-order valence-corrected chi connectivity index (χ4v) is 3.33. The van der Waals surface area contributed by atoms with Gasteiger partial charge in [-0.15, -0.1) is 11.3 Å². The van der Waals surface area contributed by atoms with E-state index in [0.29, 0.717) is 26.2 Å². The average Bonchev–Trinajstić information content (AvgIpc) is 2.91. The van der Waals surface area contributed by atoms with Crippen LogP contribution in [0.5, 0.6) is 0 Å². The van der Waals surface area contributed by atoms with Crippen LogP contribution in [0.2, 0.25) is 0 Å². The summed E-state index contributed by atoms with van der Waals surface area (Å²) >= 11 is 1.57. The molecule has 3 amide bonds. The van der Waals surface area contributed by atoms with Gasteiger partial charge >= 0.3 is 6.03 Å². The first-order valence-corrected chi connectivity index (χ1v) is 8.85. The van der Waals surface area contributed by atoms with Crippen LogP contribution in [0.15, 0.2) is 12.1 Å². The van der Waals surface area contributed by atoms with Crippen molar-refractivity contribution in [3.63, 3.8) is 0 Å². The van der Waals surface area contributed by atoms with E-state index in [9.17, 15) is 9.59 Å². The van der Waals surface area contributed by atoms with Gasteiger partial charge in [-0.05, 0) is 39.8 Å². The van der Waals surface area contributed by atoms with Crippen LogP contribution in [0.1, 0.15) is 25.6 Å². The van der Waals surface area contributed by atoms with E-state index in [-0.39, 0.29) is 24.0 Å². The number of thiophene rings is 1. The molecule has 128 valence electrons. The first-order valence-electron chi connectivity index (χ1n) is 8.03. The second kappa shape index (κ2) is 7.79. The predicted molar refractivity (Wildman–Crippen MR) is 94.0 cm³/mol. The van der Waals surface area contributed by atoms with Crippen molar-refractivity contribution in [1.29, 1.82) is 0 Å². The molecule has 0 saturated carbocycles. The molecule has 0 bridgehead atoms. The smallest absolute Gasteiger partial charge is 0.322 e. The highest BCUT2D eigenvalue weighted by Gasteiger charge is 2.27. The molecule has 2 rings (SSSR count). The van der Waals surface area contributed by atoms with E-state index in [2.05, 4.69) is 15.5 Å². The highest BCUT2D eigenvalue weighted by Crippen LogP contribution is 2.21. The molecule has 1 aromatic rings. The summed E-state index contributed by atoms with van der Waals surface area (Å²) in [5.41, 5.74) is 0. The Hall–Kier alpha value is -1.60. The van der Waals surface area contributed by atoms with Crippen LogP contribution in [0.3, 0.4) is 0 Å². The molecule has 2 N–H and O–H groups in total. The van der Waals surface area contributed by atoms with Crippen LogP contribution in [0.25, 0.3) is 0 Å². The number of carbonyl (C=O) groups excluding carboxylic acids is 2. The number of anilines is 1. The lowest BCUT2D eigenvalue weighted by Crippen LogP contribution is -2.56. The Bertz CT molecular complexity index is 550. The van der Waals surface area contributed by atoms with Crippen molar-refractivity contribution in [1.82, 2.24) is 15.1 Å². The maximum Gasteiger partial charge on any atom is 0.322 e. The van der Waals surface area contributed by atoms with Gasteiger partial charge in [-0.3, -0.25) is 15.0 Å². The Labute approximate surface area is 141 Å². The van der Waals surface area contributed by atoms with Gasteiger partial charge in [0.2, 0.25) is 5.91 Å². The van der Waals surface area contributed by atoms with Gasteiger partial charge in [0.15, 0.2) is 0 Å². The summed E-state index contributed by atoms with van der Waals surface area (Å²) in [7, 11) is 0. The van der Waals surface area contributed by atoms with Gasteiger partial charge < -0.3 is 10.2 Å². The van der Waals surface area contributed by atoms with E-state index in [1.165, 1.54) is 4.88 Å². The summed E-state index contributed by atoms with van der Waals surface area (Å²) in [6, 6.07) is 3.83. The molecule has 1 aromatic heterocycles. The molecule has 0 radical (unpaired) electrons. The molecule has 6 nitrogen and oxygen atoms in total.